The van der Waals surface area contributed by atoms with Crippen LogP contribution in [0.2, 0.25) is 0 Å². The molecule has 1 N–H and O–H groups in total. The Kier molecular flexibility index (Phi) is 4.04. The summed E-state index contributed by atoms with van der Waals surface area (Å²) in [5, 5.41) is 2.72. The Morgan fingerprint density at radius 2 is 2.05 bits per heavy atom. The number of hydrogen-bond acceptors (Lipinski definition) is 6. The zero-order valence-corrected chi connectivity index (χ0v) is 12.0. The Balaban J connectivity index is 1.77. The van der Waals surface area contributed by atoms with Crippen LogP contribution in [0.4, 0.5) is 5.69 Å². The van der Waals surface area contributed by atoms with Gasteiger partial charge in [-0.15, -0.1) is 0 Å². The summed E-state index contributed by atoms with van der Waals surface area (Å²) in [6, 6.07) is 5.47. The van der Waals surface area contributed by atoms with Crippen molar-refractivity contribution in [1.29, 1.82) is 0 Å². The van der Waals surface area contributed by atoms with Gasteiger partial charge in [0.05, 0.1) is 30.3 Å². The average molecular weight is 301 g/mol. The molecule has 1 aliphatic rings. The van der Waals surface area contributed by atoms with E-state index >= 15 is 0 Å². The SMILES string of the molecule is CCOc1ncc(NC(=O)c2cccc3c2OCCO3)cn1. The van der Waals surface area contributed by atoms with Crippen LogP contribution in [0.25, 0.3) is 0 Å². The second kappa shape index (κ2) is 6.30. The Hall–Kier alpha value is -2.83. The van der Waals surface area contributed by atoms with Crippen molar-refractivity contribution in [2.24, 2.45) is 0 Å². The molecular formula is C15H15N3O4. The molecule has 0 spiro atoms. The molecule has 0 fully saturated rings. The van der Waals surface area contributed by atoms with Crippen LogP contribution in [0.1, 0.15) is 17.3 Å². The monoisotopic (exact) mass is 301 g/mol. The first-order valence-corrected chi connectivity index (χ1v) is 6.92. The number of benzene rings is 1. The number of fused-ring (bicyclic) bond motifs is 1. The van der Waals surface area contributed by atoms with Crippen molar-refractivity contribution >= 4 is 11.6 Å². The van der Waals surface area contributed by atoms with Crippen LogP contribution >= 0.6 is 0 Å². The van der Waals surface area contributed by atoms with Gasteiger partial charge in [0.1, 0.15) is 13.2 Å². The minimum atomic E-state index is -0.310. The summed E-state index contributed by atoms with van der Waals surface area (Å²) >= 11 is 0. The van der Waals surface area contributed by atoms with E-state index in [1.165, 1.54) is 12.4 Å². The fraction of sp³-hybridized carbons (Fsp3) is 0.267. The average Bonchev–Trinajstić information content (AvgIpc) is 2.56. The van der Waals surface area contributed by atoms with Crippen molar-refractivity contribution in [2.45, 2.75) is 6.92 Å². The van der Waals surface area contributed by atoms with E-state index in [4.69, 9.17) is 14.2 Å². The lowest BCUT2D eigenvalue weighted by Crippen LogP contribution is -2.20. The van der Waals surface area contributed by atoms with Crippen LogP contribution in [0.5, 0.6) is 17.5 Å². The van der Waals surface area contributed by atoms with E-state index in [9.17, 15) is 4.79 Å². The van der Waals surface area contributed by atoms with Crippen molar-refractivity contribution in [3.05, 3.63) is 36.2 Å². The summed E-state index contributed by atoms with van der Waals surface area (Å²) in [4.78, 5) is 20.4. The van der Waals surface area contributed by atoms with Gasteiger partial charge in [0.2, 0.25) is 0 Å². The van der Waals surface area contributed by atoms with Crippen molar-refractivity contribution in [2.75, 3.05) is 25.1 Å². The standard InChI is InChI=1S/C15H15N3O4/c1-2-20-15-16-8-10(9-17-15)18-14(19)11-4-3-5-12-13(11)22-7-6-21-12/h3-5,8-9H,2,6-7H2,1H3,(H,18,19). The summed E-state index contributed by atoms with van der Waals surface area (Å²) in [7, 11) is 0. The topological polar surface area (TPSA) is 82.6 Å². The molecule has 0 saturated heterocycles. The Bertz CT molecular complexity index is 673. The molecule has 0 saturated carbocycles. The van der Waals surface area contributed by atoms with Crippen LogP contribution in [-0.2, 0) is 0 Å². The minimum absolute atomic E-state index is 0.273. The molecule has 2 aromatic rings. The lowest BCUT2D eigenvalue weighted by molar-refractivity contribution is 0.101. The van der Waals surface area contributed by atoms with Crippen molar-refractivity contribution in [3.8, 4) is 17.5 Å². The van der Waals surface area contributed by atoms with E-state index < -0.39 is 0 Å². The maximum absolute atomic E-state index is 12.4. The maximum atomic E-state index is 12.4. The molecule has 1 aromatic heterocycles. The first-order chi connectivity index (χ1) is 10.8. The van der Waals surface area contributed by atoms with Crippen LogP contribution in [0.15, 0.2) is 30.6 Å². The number of para-hydroxylation sites is 1. The number of hydrogen-bond donors (Lipinski definition) is 1. The second-order valence-electron chi connectivity index (χ2n) is 4.47. The number of carbonyl (C=O) groups is 1. The van der Waals surface area contributed by atoms with Crippen molar-refractivity contribution < 1.29 is 19.0 Å². The molecule has 1 aliphatic heterocycles. The van der Waals surface area contributed by atoms with Gasteiger partial charge in [0, 0.05) is 0 Å². The molecule has 114 valence electrons. The smallest absolute Gasteiger partial charge is 0.316 e. The summed E-state index contributed by atoms with van der Waals surface area (Å²) in [5.41, 5.74) is 0.883. The molecule has 7 heteroatoms. The third-order valence-electron chi connectivity index (χ3n) is 2.97. The van der Waals surface area contributed by atoms with Gasteiger partial charge in [-0.25, -0.2) is 9.97 Å². The fourth-order valence-electron chi connectivity index (χ4n) is 2.04. The van der Waals surface area contributed by atoms with E-state index in [1.54, 1.807) is 18.2 Å². The second-order valence-corrected chi connectivity index (χ2v) is 4.47. The molecule has 0 unspecified atom stereocenters. The van der Waals surface area contributed by atoms with E-state index in [2.05, 4.69) is 15.3 Å². The summed E-state index contributed by atoms with van der Waals surface area (Å²) < 4.78 is 16.1. The third kappa shape index (κ3) is 2.93. The number of anilines is 1. The summed E-state index contributed by atoms with van der Waals surface area (Å²) in [5.74, 6) is 0.718. The van der Waals surface area contributed by atoms with E-state index in [1.807, 2.05) is 6.92 Å². The molecule has 0 aliphatic carbocycles. The Labute approximate surface area is 127 Å². The normalized spacial score (nSPS) is 12.6. The van der Waals surface area contributed by atoms with Gasteiger partial charge >= 0.3 is 6.01 Å². The lowest BCUT2D eigenvalue weighted by atomic mass is 10.1. The molecule has 1 amide bonds. The first-order valence-electron chi connectivity index (χ1n) is 6.92. The van der Waals surface area contributed by atoms with Crippen molar-refractivity contribution in [3.63, 3.8) is 0 Å². The minimum Gasteiger partial charge on any atom is -0.486 e. The highest BCUT2D eigenvalue weighted by Gasteiger charge is 2.20. The molecular weight excluding hydrogens is 286 g/mol. The number of aromatic nitrogens is 2. The van der Waals surface area contributed by atoms with Gasteiger partial charge in [0.15, 0.2) is 11.5 Å². The van der Waals surface area contributed by atoms with Crippen LogP contribution < -0.4 is 19.5 Å². The third-order valence-corrected chi connectivity index (χ3v) is 2.97. The largest absolute Gasteiger partial charge is 0.486 e. The predicted molar refractivity (Wildman–Crippen MR) is 78.6 cm³/mol. The number of rotatable bonds is 4. The van der Waals surface area contributed by atoms with Gasteiger partial charge in [-0.3, -0.25) is 4.79 Å². The number of nitrogens with zero attached hydrogens (tertiary/aromatic N) is 2. The van der Waals surface area contributed by atoms with Gasteiger partial charge in [-0.2, -0.15) is 0 Å². The molecule has 0 atom stereocenters. The van der Waals surface area contributed by atoms with E-state index in [-0.39, 0.29) is 11.9 Å². The fourth-order valence-corrected chi connectivity index (χ4v) is 2.04. The highest BCUT2D eigenvalue weighted by molar-refractivity contribution is 6.06. The van der Waals surface area contributed by atoms with Gasteiger partial charge in [-0.1, -0.05) is 6.07 Å². The highest BCUT2D eigenvalue weighted by atomic mass is 16.6. The highest BCUT2D eigenvalue weighted by Crippen LogP contribution is 2.33. The predicted octanol–water partition coefficient (Wildman–Crippen LogP) is 1.90. The lowest BCUT2D eigenvalue weighted by Gasteiger charge is -2.20. The zero-order valence-electron chi connectivity index (χ0n) is 12.0. The van der Waals surface area contributed by atoms with E-state index in [0.29, 0.717) is 42.6 Å². The molecule has 22 heavy (non-hydrogen) atoms. The molecule has 0 radical (unpaired) electrons. The summed E-state index contributed by atoms with van der Waals surface area (Å²) in [6.07, 6.45) is 2.98. The summed E-state index contributed by atoms with van der Waals surface area (Å²) in [6.45, 7) is 3.23. The van der Waals surface area contributed by atoms with Gasteiger partial charge in [0.25, 0.3) is 5.91 Å². The zero-order chi connectivity index (χ0) is 15.4. The molecule has 1 aromatic carbocycles. The number of carbonyl (C=O) groups excluding carboxylic acids is 1. The quantitative estimate of drug-likeness (QED) is 0.928. The first kappa shape index (κ1) is 14.1. The molecule has 0 bridgehead atoms. The Morgan fingerprint density at radius 3 is 2.82 bits per heavy atom. The van der Waals surface area contributed by atoms with E-state index in [0.717, 1.165) is 0 Å². The Morgan fingerprint density at radius 1 is 1.27 bits per heavy atom. The van der Waals surface area contributed by atoms with Gasteiger partial charge < -0.3 is 19.5 Å². The molecule has 3 rings (SSSR count). The van der Waals surface area contributed by atoms with Gasteiger partial charge in [-0.05, 0) is 19.1 Å². The molecule has 2 heterocycles. The van der Waals surface area contributed by atoms with Crippen LogP contribution in [0, 0.1) is 0 Å². The van der Waals surface area contributed by atoms with Crippen LogP contribution in [0.3, 0.4) is 0 Å². The number of amides is 1. The number of nitrogens with one attached hydrogen (secondary N) is 1. The van der Waals surface area contributed by atoms with Crippen LogP contribution in [-0.4, -0.2) is 35.7 Å². The number of ether oxygens (including phenoxy) is 3. The van der Waals surface area contributed by atoms with Crippen molar-refractivity contribution in [1.82, 2.24) is 9.97 Å². The molecule has 7 nitrogen and oxygen atoms in total. The maximum Gasteiger partial charge on any atom is 0.316 e.